The van der Waals surface area contributed by atoms with Gasteiger partial charge in [-0.1, -0.05) is 26.2 Å². The van der Waals surface area contributed by atoms with E-state index in [-0.39, 0.29) is 0 Å². The van der Waals surface area contributed by atoms with Crippen LogP contribution in [-0.2, 0) is 4.74 Å². The van der Waals surface area contributed by atoms with Crippen molar-refractivity contribution in [2.45, 2.75) is 70.8 Å². The minimum absolute atomic E-state index is 0.519. The molecule has 25 heavy (non-hydrogen) atoms. The molecule has 2 N–H and O–H groups in total. The Labute approximate surface area is 155 Å². The summed E-state index contributed by atoms with van der Waals surface area (Å²) in [4.78, 5) is 6.88. The summed E-state index contributed by atoms with van der Waals surface area (Å²) in [5, 5.41) is 6.88. The summed E-state index contributed by atoms with van der Waals surface area (Å²) in [5.41, 5.74) is 0. The number of hydrogen-bond donors (Lipinski definition) is 2. The van der Waals surface area contributed by atoms with Crippen LogP contribution in [0, 0.1) is 5.92 Å². The second-order valence-corrected chi connectivity index (χ2v) is 7.58. The minimum Gasteiger partial charge on any atom is -0.378 e. The van der Waals surface area contributed by atoms with Crippen LogP contribution in [-0.4, -0.2) is 63.3 Å². The van der Waals surface area contributed by atoms with Gasteiger partial charge < -0.3 is 20.3 Å². The van der Waals surface area contributed by atoms with Crippen molar-refractivity contribution in [1.29, 1.82) is 0 Å². The van der Waals surface area contributed by atoms with E-state index in [0.29, 0.717) is 6.10 Å². The maximum atomic E-state index is 5.97. The molecule has 0 aromatic heterocycles. The van der Waals surface area contributed by atoms with Crippen molar-refractivity contribution >= 4 is 5.96 Å². The van der Waals surface area contributed by atoms with Crippen molar-refractivity contribution < 1.29 is 4.74 Å². The van der Waals surface area contributed by atoms with Gasteiger partial charge in [0.05, 0.1) is 6.10 Å². The van der Waals surface area contributed by atoms with Crippen LogP contribution in [0.2, 0.25) is 0 Å². The van der Waals surface area contributed by atoms with Crippen LogP contribution in [0.1, 0.15) is 64.7 Å². The predicted molar refractivity (Wildman–Crippen MR) is 106 cm³/mol. The number of rotatable bonds is 9. The summed E-state index contributed by atoms with van der Waals surface area (Å²) < 4.78 is 5.97. The van der Waals surface area contributed by atoms with Crippen LogP contribution in [0.3, 0.4) is 0 Å². The third-order valence-electron chi connectivity index (χ3n) is 5.74. The molecule has 5 heteroatoms. The maximum Gasteiger partial charge on any atom is 0.190 e. The summed E-state index contributed by atoms with van der Waals surface area (Å²) in [7, 11) is 1.85. The van der Waals surface area contributed by atoms with E-state index in [2.05, 4.69) is 27.4 Å². The molecule has 2 rings (SSSR count). The van der Waals surface area contributed by atoms with E-state index in [1.54, 1.807) is 0 Å². The Morgan fingerprint density at radius 1 is 1.04 bits per heavy atom. The quantitative estimate of drug-likeness (QED) is 0.380. The van der Waals surface area contributed by atoms with E-state index in [0.717, 1.165) is 38.0 Å². The summed E-state index contributed by atoms with van der Waals surface area (Å²) in [6.07, 6.45) is 12.1. The number of guanidine groups is 1. The average Bonchev–Trinajstić information content (AvgIpc) is 2.67. The van der Waals surface area contributed by atoms with E-state index < -0.39 is 0 Å². The van der Waals surface area contributed by atoms with E-state index >= 15 is 0 Å². The fraction of sp³-hybridized carbons (Fsp3) is 0.950. The molecule has 1 aliphatic carbocycles. The number of hydrogen-bond acceptors (Lipinski definition) is 3. The van der Waals surface area contributed by atoms with Crippen LogP contribution in [0.5, 0.6) is 0 Å². The summed E-state index contributed by atoms with van der Waals surface area (Å²) >= 11 is 0. The Morgan fingerprint density at radius 2 is 1.76 bits per heavy atom. The molecule has 0 bridgehead atoms. The average molecular weight is 353 g/mol. The van der Waals surface area contributed by atoms with Gasteiger partial charge in [-0.2, -0.15) is 0 Å². The Morgan fingerprint density at radius 3 is 2.44 bits per heavy atom. The molecule has 0 aromatic rings. The molecular formula is C20H40N4O. The van der Waals surface area contributed by atoms with Crippen LogP contribution in [0.25, 0.3) is 0 Å². The molecule has 0 atom stereocenters. The summed E-state index contributed by atoms with van der Waals surface area (Å²) in [6.45, 7) is 8.83. The highest BCUT2D eigenvalue weighted by Gasteiger charge is 2.17. The fourth-order valence-corrected chi connectivity index (χ4v) is 3.97. The van der Waals surface area contributed by atoms with Gasteiger partial charge in [0.2, 0.25) is 0 Å². The van der Waals surface area contributed by atoms with Gasteiger partial charge in [-0.25, -0.2) is 0 Å². The van der Waals surface area contributed by atoms with Gasteiger partial charge in [0, 0.05) is 26.7 Å². The zero-order valence-corrected chi connectivity index (χ0v) is 16.6. The Hall–Kier alpha value is -0.810. The van der Waals surface area contributed by atoms with Crippen LogP contribution >= 0.6 is 0 Å². The molecule has 1 saturated carbocycles. The zero-order chi connectivity index (χ0) is 17.7. The maximum absolute atomic E-state index is 5.97. The number of nitrogens with zero attached hydrogens (tertiary/aromatic N) is 2. The van der Waals surface area contributed by atoms with Crippen LogP contribution < -0.4 is 10.6 Å². The van der Waals surface area contributed by atoms with E-state index in [1.807, 2.05) is 7.05 Å². The first-order chi connectivity index (χ1) is 12.3. The topological polar surface area (TPSA) is 48.9 Å². The third-order valence-corrected chi connectivity index (χ3v) is 5.74. The van der Waals surface area contributed by atoms with Gasteiger partial charge in [0.1, 0.15) is 0 Å². The number of piperidine rings is 1. The Kier molecular flexibility index (Phi) is 10.3. The number of aliphatic imine (C=N–C) groups is 1. The summed E-state index contributed by atoms with van der Waals surface area (Å²) in [6, 6.07) is 0. The monoisotopic (exact) mass is 352 g/mol. The van der Waals surface area contributed by atoms with Gasteiger partial charge in [-0.3, -0.25) is 4.99 Å². The molecule has 2 aliphatic rings. The standard InChI is InChI=1S/C20H40N4O/c1-3-24-15-11-18(12-16-24)10-14-23-20(21-2)22-13-7-17-25-19-8-5-4-6-9-19/h18-19H,3-17H2,1-2H3,(H2,21,22,23). The molecule has 0 spiro atoms. The first-order valence-corrected chi connectivity index (χ1v) is 10.6. The molecule has 1 saturated heterocycles. The van der Waals surface area contributed by atoms with Gasteiger partial charge in [-0.15, -0.1) is 0 Å². The highest BCUT2D eigenvalue weighted by Crippen LogP contribution is 2.20. The van der Waals surface area contributed by atoms with Crippen molar-refractivity contribution in [2.75, 3.05) is 46.4 Å². The lowest BCUT2D eigenvalue weighted by atomic mass is 9.93. The van der Waals surface area contributed by atoms with Crippen molar-refractivity contribution in [3.05, 3.63) is 0 Å². The zero-order valence-electron chi connectivity index (χ0n) is 16.6. The van der Waals surface area contributed by atoms with Gasteiger partial charge in [-0.05, 0) is 64.1 Å². The van der Waals surface area contributed by atoms with Crippen molar-refractivity contribution in [3.63, 3.8) is 0 Å². The lowest BCUT2D eigenvalue weighted by molar-refractivity contribution is 0.0277. The Bertz CT molecular complexity index is 361. The van der Waals surface area contributed by atoms with Gasteiger partial charge in [0.25, 0.3) is 0 Å². The van der Waals surface area contributed by atoms with Crippen molar-refractivity contribution in [1.82, 2.24) is 15.5 Å². The molecule has 0 unspecified atom stereocenters. The number of ether oxygens (including phenoxy) is 1. The smallest absolute Gasteiger partial charge is 0.190 e. The first kappa shape index (κ1) is 20.5. The number of likely N-dealkylation sites (tertiary alicyclic amines) is 1. The highest BCUT2D eigenvalue weighted by molar-refractivity contribution is 5.79. The van der Waals surface area contributed by atoms with E-state index in [9.17, 15) is 0 Å². The molecule has 2 fully saturated rings. The molecule has 5 nitrogen and oxygen atoms in total. The molecule has 0 radical (unpaired) electrons. The van der Waals surface area contributed by atoms with E-state index in [1.165, 1.54) is 71.0 Å². The lowest BCUT2D eigenvalue weighted by Gasteiger charge is -2.31. The SMILES string of the molecule is CCN1CCC(CCNC(=NC)NCCCOC2CCCCC2)CC1. The third kappa shape index (κ3) is 8.41. The molecule has 1 heterocycles. The summed E-state index contributed by atoms with van der Waals surface area (Å²) in [5.74, 6) is 1.81. The minimum atomic E-state index is 0.519. The number of nitrogens with one attached hydrogen (secondary N) is 2. The second kappa shape index (κ2) is 12.5. The highest BCUT2D eigenvalue weighted by atomic mass is 16.5. The normalized spacial score (nSPS) is 21.4. The largest absolute Gasteiger partial charge is 0.378 e. The van der Waals surface area contributed by atoms with Gasteiger partial charge >= 0.3 is 0 Å². The van der Waals surface area contributed by atoms with E-state index in [4.69, 9.17) is 4.74 Å². The van der Waals surface area contributed by atoms with Crippen molar-refractivity contribution in [3.8, 4) is 0 Å². The molecule has 0 amide bonds. The predicted octanol–water partition coefficient (Wildman–Crippen LogP) is 3.01. The van der Waals surface area contributed by atoms with Crippen LogP contribution in [0.4, 0.5) is 0 Å². The second-order valence-electron chi connectivity index (χ2n) is 7.58. The lowest BCUT2D eigenvalue weighted by Crippen LogP contribution is -2.40. The van der Waals surface area contributed by atoms with Crippen molar-refractivity contribution in [2.24, 2.45) is 10.9 Å². The van der Waals surface area contributed by atoms with Crippen LogP contribution in [0.15, 0.2) is 4.99 Å². The van der Waals surface area contributed by atoms with Gasteiger partial charge in [0.15, 0.2) is 5.96 Å². The Balaban J connectivity index is 1.46. The molecule has 146 valence electrons. The first-order valence-electron chi connectivity index (χ1n) is 10.6. The fourth-order valence-electron chi connectivity index (χ4n) is 3.97. The molecule has 0 aromatic carbocycles. The molecular weight excluding hydrogens is 312 g/mol. The molecule has 1 aliphatic heterocycles.